The summed E-state index contributed by atoms with van der Waals surface area (Å²) in [5.41, 5.74) is 0.540. The Morgan fingerprint density at radius 3 is 2.35 bits per heavy atom. The van der Waals surface area contributed by atoms with Crippen LogP contribution in [-0.4, -0.2) is 30.8 Å². The molecule has 0 atom stereocenters. The Morgan fingerprint density at radius 1 is 1.25 bits per heavy atom. The average Bonchev–Trinajstić information content (AvgIpc) is 2.70. The second-order valence-electron chi connectivity index (χ2n) is 3.49. The Morgan fingerprint density at radius 2 is 1.85 bits per heavy atom. The molecule has 0 spiro atoms. The maximum Gasteiger partial charge on any atom is 0.382 e. The number of nitrogens with zero attached hydrogens (tertiary/aromatic N) is 1. The van der Waals surface area contributed by atoms with Gasteiger partial charge in [-0.15, -0.1) is 0 Å². The van der Waals surface area contributed by atoms with Gasteiger partial charge in [-0.25, -0.2) is 9.78 Å². The van der Waals surface area contributed by atoms with Crippen molar-refractivity contribution >= 4 is 35.8 Å². The van der Waals surface area contributed by atoms with Gasteiger partial charge in [0.1, 0.15) is 4.88 Å². The summed E-state index contributed by atoms with van der Waals surface area (Å²) >= 11 is 6.33. The highest BCUT2D eigenvalue weighted by molar-refractivity contribution is 8.07. The maximum absolute atomic E-state index is 11.7. The van der Waals surface area contributed by atoms with Crippen LogP contribution in [0.5, 0.6) is 5.19 Å². The van der Waals surface area contributed by atoms with Crippen molar-refractivity contribution in [3.63, 3.8) is 0 Å². The molecule has 0 N–H and O–H groups in total. The minimum Gasteiger partial charge on any atom is -0.462 e. The van der Waals surface area contributed by atoms with Gasteiger partial charge in [-0.05, 0) is 27.7 Å². The molecule has 0 unspecified atom stereocenters. The van der Waals surface area contributed by atoms with Gasteiger partial charge in [0.25, 0.3) is 5.19 Å². The van der Waals surface area contributed by atoms with E-state index in [0.29, 0.717) is 30.4 Å². The highest BCUT2D eigenvalue weighted by atomic mass is 32.5. The fraction of sp³-hybridized carbons (Fsp3) is 0.636. The lowest BCUT2D eigenvalue weighted by molar-refractivity contribution is 0.0531. The topological polar surface area (TPSA) is 66.9 Å². The molecular formula is C11H18NO5PS2. The van der Waals surface area contributed by atoms with Crippen molar-refractivity contribution in [2.24, 2.45) is 0 Å². The van der Waals surface area contributed by atoms with Crippen molar-refractivity contribution in [2.45, 2.75) is 27.7 Å². The van der Waals surface area contributed by atoms with E-state index < -0.39 is 12.7 Å². The summed E-state index contributed by atoms with van der Waals surface area (Å²) in [5, 5.41) is 0.260. The van der Waals surface area contributed by atoms with Gasteiger partial charge < -0.3 is 9.26 Å². The first-order valence-corrected chi connectivity index (χ1v) is 9.56. The minimum absolute atomic E-state index is 0.260. The number of aromatic nitrogens is 1. The van der Waals surface area contributed by atoms with Gasteiger partial charge in [0.05, 0.1) is 25.5 Å². The molecule has 0 radical (unpaired) electrons. The quantitative estimate of drug-likeness (QED) is 0.532. The van der Waals surface area contributed by atoms with Crippen molar-refractivity contribution in [1.82, 2.24) is 4.98 Å². The lowest BCUT2D eigenvalue weighted by atomic mass is 10.4. The number of carbonyl (C=O) groups excluding carboxylic acids is 1. The molecule has 0 fully saturated rings. The first-order valence-electron chi connectivity index (χ1n) is 6.19. The van der Waals surface area contributed by atoms with Gasteiger partial charge in [0.15, 0.2) is 0 Å². The zero-order chi connectivity index (χ0) is 15.2. The van der Waals surface area contributed by atoms with Crippen LogP contribution in [0.1, 0.15) is 36.1 Å². The first-order chi connectivity index (χ1) is 9.45. The third kappa shape index (κ3) is 4.79. The second-order valence-corrected chi connectivity index (χ2v) is 7.39. The van der Waals surface area contributed by atoms with Crippen LogP contribution in [0.2, 0.25) is 0 Å². The van der Waals surface area contributed by atoms with Crippen LogP contribution in [0, 0.1) is 6.92 Å². The zero-order valence-corrected chi connectivity index (χ0v) is 14.4. The molecule has 114 valence electrons. The predicted molar refractivity (Wildman–Crippen MR) is 81.0 cm³/mol. The molecule has 1 aromatic rings. The molecule has 1 heterocycles. The molecule has 9 heteroatoms. The van der Waals surface area contributed by atoms with E-state index in [1.54, 1.807) is 27.7 Å². The fourth-order valence-corrected chi connectivity index (χ4v) is 4.47. The number of carbonyl (C=O) groups is 1. The van der Waals surface area contributed by atoms with Crippen molar-refractivity contribution in [1.29, 1.82) is 0 Å². The third-order valence-corrected chi connectivity index (χ3v) is 5.54. The summed E-state index contributed by atoms with van der Waals surface area (Å²) in [6, 6.07) is 0. The first kappa shape index (κ1) is 17.5. The molecule has 0 saturated heterocycles. The minimum atomic E-state index is -2.86. The van der Waals surface area contributed by atoms with Crippen LogP contribution >= 0.6 is 18.1 Å². The van der Waals surface area contributed by atoms with Crippen LogP contribution in [-0.2, 0) is 25.6 Å². The van der Waals surface area contributed by atoms with Gasteiger partial charge >= 0.3 is 12.7 Å². The predicted octanol–water partition coefficient (Wildman–Crippen LogP) is 3.30. The summed E-state index contributed by atoms with van der Waals surface area (Å²) in [6.45, 7) is 5.27. The second kappa shape index (κ2) is 8.05. The molecule has 1 rings (SSSR count). The summed E-state index contributed by atoms with van der Waals surface area (Å²) in [5.74, 6) is -0.418. The number of esters is 1. The summed E-state index contributed by atoms with van der Waals surface area (Å²) in [7, 11) is 0. The van der Waals surface area contributed by atoms with Crippen LogP contribution in [0.4, 0.5) is 0 Å². The maximum atomic E-state index is 11.7. The van der Waals surface area contributed by atoms with Crippen molar-refractivity contribution < 1.29 is 23.1 Å². The molecule has 0 aliphatic rings. The van der Waals surface area contributed by atoms with Crippen molar-refractivity contribution in [2.75, 3.05) is 19.8 Å². The Kier molecular flexibility index (Phi) is 7.05. The van der Waals surface area contributed by atoms with Gasteiger partial charge in [0.2, 0.25) is 0 Å². The lowest BCUT2D eigenvalue weighted by Gasteiger charge is -2.18. The normalized spacial score (nSPS) is 11.4. The molecule has 6 nitrogen and oxygen atoms in total. The average molecular weight is 339 g/mol. The number of rotatable bonds is 8. The molecule has 0 aliphatic heterocycles. The monoisotopic (exact) mass is 339 g/mol. The standard InChI is InChI=1S/C11H18NO5PS2/c1-5-14-10(13)9-8(4)12-11(20-9)17-18(19,15-6-2)16-7-3/h5-7H2,1-4H3. The van der Waals surface area contributed by atoms with Crippen molar-refractivity contribution in [3.05, 3.63) is 10.6 Å². The molecule has 0 bridgehead atoms. The van der Waals surface area contributed by atoms with E-state index in [-0.39, 0.29) is 5.19 Å². The summed E-state index contributed by atoms with van der Waals surface area (Å²) in [6.07, 6.45) is 0. The van der Waals surface area contributed by atoms with E-state index in [4.69, 9.17) is 30.1 Å². The molecule has 0 saturated carbocycles. The van der Waals surface area contributed by atoms with E-state index in [2.05, 4.69) is 4.98 Å². The Balaban J connectivity index is 2.90. The number of hydrogen-bond acceptors (Lipinski definition) is 8. The Hall–Kier alpha value is -0.530. The third-order valence-electron chi connectivity index (χ3n) is 2.00. The van der Waals surface area contributed by atoms with Crippen LogP contribution in [0.25, 0.3) is 0 Å². The number of thiazole rings is 1. The number of hydrogen-bond donors (Lipinski definition) is 0. The number of aryl methyl sites for hydroxylation is 1. The molecule has 0 aromatic carbocycles. The van der Waals surface area contributed by atoms with E-state index >= 15 is 0 Å². The fourth-order valence-electron chi connectivity index (χ4n) is 1.30. The SMILES string of the molecule is CCOC(=O)c1sc(OP(=S)(OCC)OCC)nc1C. The van der Waals surface area contributed by atoms with Crippen LogP contribution in [0.15, 0.2) is 0 Å². The van der Waals surface area contributed by atoms with Gasteiger partial charge in [0, 0.05) is 11.8 Å². The Bertz CT molecular complexity index is 495. The largest absolute Gasteiger partial charge is 0.462 e. The molecule has 0 amide bonds. The molecule has 1 aromatic heterocycles. The highest BCUT2D eigenvalue weighted by Gasteiger charge is 2.25. The molecule has 20 heavy (non-hydrogen) atoms. The van der Waals surface area contributed by atoms with E-state index in [0.717, 1.165) is 11.3 Å². The smallest absolute Gasteiger partial charge is 0.382 e. The van der Waals surface area contributed by atoms with Gasteiger partial charge in [-0.3, -0.25) is 9.05 Å². The lowest BCUT2D eigenvalue weighted by Crippen LogP contribution is -2.03. The molecular weight excluding hydrogens is 321 g/mol. The van der Waals surface area contributed by atoms with Gasteiger partial charge in [-0.2, -0.15) is 0 Å². The van der Waals surface area contributed by atoms with Crippen molar-refractivity contribution in [3.8, 4) is 5.19 Å². The Labute approximate surface area is 127 Å². The van der Waals surface area contributed by atoms with Crippen LogP contribution in [0.3, 0.4) is 0 Å². The van der Waals surface area contributed by atoms with Crippen LogP contribution < -0.4 is 4.52 Å². The molecule has 0 aliphatic carbocycles. The zero-order valence-electron chi connectivity index (χ0n) is 11.9. The van der Waals surface area contributed by atoms with E-state index in [1.807, 2.05) is 0 Å². The highest BCUT2D eigenvalue weighted by Crippen LogP contribution is 2.50. The number of ether oxygens (including phenoxy) is 1. The van der Waals surface area contributed by atoms with Gasteiger partial charge in [-0.1, -0.05) is 11.3 Å². The summed E-state index contributed by atoms with van der Waals surface area (Å²) in [4.78, 5) is 16.3. The van der Waals surface area contributed by atoms with E-state index in [9.17, 15) is 4.79 Å². The summed E-state index contributed by atoms with van der Waals surface area (Å²) < 4.78 is 21.2. The van der Waals surface area contributed by atoms with E-state index in [1.165, 1.54) is 0 Å².